The maximum absolute atomic E-state index is 6.50. The lowest BCUT2D eigenvalue weighted by Crippen LogP contribution is -2.19. The fourth-order valence-electron chi connectivity index (χ4n) is 2.16. The molecular weight excluding hydrogens is 250 g/mol. The zero-order valence-corrected chi connectivity index (χ0v) is 12.3. The summed E-state index contributed by atoms with van der Waals surface area (Å²) >= 11 is 1.93. The smallest absolute Gasteiger partial charge is 0.0492 e. The van der Waals surface area contributed by atoms with Gasteiger partial charge in [-0.25, -0.2) is 0 Å². The van der Waals surface area contributed by atoms with Crippen molar-refractivity contribution in [3.8, 4) is 0 Å². The Morgan fingerprint density at radius 2 is 1.26 bits per heavy atom. The van der Waals surface area contributed by atoms with Gasteiger partial charge in [-0.1, -0.05) is 74.5 Å². The Morgan fingerprint density at radius 3 is 1.74 bits per heavy atom. The second kappa shape index (κ2) is 6.78. The van der Waals surface area contributed by atoms with Gasteiger partial charge in [0.25, 0.3) is 0 Å². The fraction of sp³-hybridized carbons (Fsp3) is 0.294. The van der Waals surface area contributed by atoms with Crippen LogP contribution in [0, 0.1) is 0 Å². The molecule has 0 saturated heterocycles. The highest BCUT2D eigenvalue weighted by Crippen LogP contribution is 2.40. The molecule has 0 aliphatic rings. The number of rotatable bonds is 5. The summed E-state index contributed by atoms with van der Waals surface area (Å²) in [7, 11) is 0. The molecule has 0 bridgehead atoms. The third kappa shape index (κ3) is 3.85. The number of thioether (sulfide) groups is 1. The van der Waals surface area contributed by atoms with Crippen LogP contribution in [0.5, 0.6) is 0 Å². The summed E-state index contributed by atoms with van der Waals surface area (Å²) in [6, 6.07) is 20.9. The predicted molar refractivity (Wildman–Crippen MR) is 85.3 cm³/mol. The molecule has 2 N–H and O–H groups in total. The molecule has 100 valence electrons. The molecule has 2 aromatic rings. The highest BCUT2D eigenvalue weighted by Gasteiger charge is 2.22. The van der Waals surface area contributed by atoms with Gasteiger partial charge in [-0.05, 0) is 16.4 Å². The third-order valence-electron chi connectivity index (χ3n) is 3.06. The summed E-state index contributed by atoms with van der Waals surface area (Å²) in [6.45, 7) is 4.44. The van der Waals surface area contributed by atoms with Crippen molar-refractivity contribution in [2.24, 2.45) is 5.73 Å². The zero-order valence-electron chi connectivity index (χ0n) is 11.5. The van der Waals surface area contributed by atoms with E-state index in [9.17, 15) is 0 Å². The van der Waals surface area contributed by atoms with Crippen LogP contribution in [-0.4, -0.2) is 5.25 Å². The summed E-state index contributed by atoms with van der Waals surface area (Å²) in [6.07, 6.45) is 0. The predicted octanol–water partition coefficient (Wildman–Crippen LogP) is 4.57. The van der Waals surface area contributed by atoms with E-state index in [1.165, 1.54) is 11.1 Å². The Kier molecular flexibility index (Phi) is 5.06. The van der Waals surface area contributed by atoms with E-state index in [-0.39, 0.29) is 6.04 Å². The van der Waals surface area contributed by atoms with Crippen LogP contribution >= 0.6 is 11.8 Å². The molecule has 2 heteroatoms. The summed E-state index contributed by atoms with van der Waals surface area (Å²) in [5.41, 5.74) is 9.00. The van der Waals surface area contributed by atoms with E-state index < -0.39 is 0 Å². The maximum Gasteiger partial charge on any atom is 0.0492 e. The topological polar surface area (TPSA) is 26.0 Å². The first-order valence-corrected chi connectivity index (χ1v) is 7.63. The summed E-state index contributed by atoms with van der Waals surface area (Å²) in [5.74, 6) is 0. The molecule has 0 amide bonds. The monoisotopic (exact) mass is 271 g/mol. The van der Waals surface area contributed by atoms with Crippen LogP contribution in [-0.2, 0) is 0 Å². The van der Waals surface area contributed by atoms with Gasteiger partial charge in [0.2, 0.25) is 0 Å². The van der Waals surface area contributed by atoms with Crippen molar-refractivity contribution in [3.05, 3.63) is 71.8 Å². The first-order valence-electron chi connectivity index (χ1n) is 6.69. The van der Waals surface area contributed by atoms with Crippen molar-refractivity contribution >= 4 is 11.8 Å². The van der Waals surface area contributed by atoms with Crippen LogP contribution in [0.15, 0.2) is 60.7 Å². The fourth-order valence-corrected chi connectivity index (χ4v) is 3.38. The molecule has 19 heavy (non-hydrogen) atoms. The molecule has 0 aliphatic heterocycles. The number of hydrogen-bond donors (Lipinski definition) is 1. The van der Waals surface area contributed by atoms with E-state index >= 15 is 0 Å². The Hall–Kier alpha value is -1.25. The van der Waals surface area contributed by atoms with Gasteiger partial charge in [-0.2, -0.15) is 0 Å². The van der Waals surface area contributed by atoms with Crippen LogP contribution in [0.3, 0.4) is 0 Å². The average Bonchev–Trinajstić information content (AvgIpc) is 2.46. The van der Waals surface area contributed by atoms with Crippen LogP contribution < -0.4 is 5.73 Å². The maximum atomic E-state index is 6.50. The zero-order chi connectivity index (χ0) is 13.7. The van der Waals surface area contributed by atoms with E-state index in [1.807, 2.05) is 17.8 Å². The number of hydrogen-bond acceptors (Lipinski definition) is 2. The van der Waals surface area contributed by atoms with Gasteiger partial charge < -0.3 is 5.73 Å². The van der Waals surface area contributed by atoms with Gasteiger partial charge in [-0.15, -0.1) is 11.8 Å². The average molecular weight is 271 g/mol. The lowest BCUT2D eigenvalue weighted by atomic mass is 9.99. The molecule has 0 radical (unpaired) electrons. The van der Waals surface area contributed by atoms with Crippen LogP contribution in [0.4, 0.5) is 0 Å². The molecule has 2 rings (SSSR count). The SMILES string of the molecule is CC(C)SC(c1ccccc1)C(N)c1ccccc1. The van der Waals surface area contributed by atoms with Crippen molar-refractivity contribution in [1.82, 2.24) is 0 Å². The standard InChI is InChI=1S/C17H21NS/c1-13(2)19-17(15-11-7-4-8-12-15)16(18)14-9-5-3-6-10-14/h3-13,16-17H,18H2,1-2H3. The summed E-state index contributed by atoms with van der Waals surface area (Å²) in [5, 5.41) is 0.851. The molecule has 1 nitrogen and oxygen atoms in total. The Bertz CT molecular complexity index is 481. The Balaban J connectivity index is 2.28. The molecule has 0 fully saturated rings. The first kappa shape index (κ1) is 14.2. The Labute approximate surface area is 120 Å². The largest absolute Gasteiger partial charge is 0.323 e. The van der Waals surface area contributed by atoms with E-state index in [1.54, 1.807) is 0 Å². The molecule has 2 atom stereocenters. The van der Waals surface area contributed by atoms with Crippen LogP contribution in [0.2, 0.25) is 0 Å². The van der Waals surface area contributed by atoms with E-state index in [0.717, 1.165) is 0 Å². The minimum Gasteiger partial charge on any atom is -0.323 e. The van der Waals surface area contributed by atoms with Gasteiger partial charge >= 0.3 is 0 Å². The molecule has 2 unspecified atom stereocenters. The number of nitrogens with two attached hydrogens (primary N) is 1. The lowest BCUT2D eigenvalue weighted by Gasteiger charge is -2.26. The molecule has 0 heterocycles. The van der Waals surface area contributed by atoms with Crippen LogP contribution in [0.1, 0.15) is 36.3 Å². The normalized spacial score (nSPS) is 14.3. The van der Waals surface area contributed by atoms with Gasteiger partial charge in [0.15, 0.2) is 0 Å². The molecule has 0 spiro atoms. The highest BCUT2D eigenvalue weighted by molar-refractivity contribution is 8.00. The van der Waals surface area contributed by atoms with Gasteiger partial charge in [0, 0.05) is 11.3 Å². The second-order valence-corrected chi connectivity index (χ2v) is 6.68. The number of benzene rings is 2. The molecule has 0 saturated carbocycles. The second-order valence-electron chi connectivity index (χ2n) is 4.95. The van der Waals surface area contributed by atoms with Gasteiger partial charge in [-0.3, -0.25) is 0 Å². The van der Waals surface area contributed by atoms with E-state index in [2.05, 4.69) is 68.4 Å². The van der Waals surface area contributed by atoms with Crippen molar-refractivity contribution in [3.63, 3.8) is 0 Å². The quantitative estimate of drug-likeness (QED) is 0.862. The summed E-state index contributed by atoms with van der Waals surface area (Å²) in [4.78, 5) is 0. The molecule has 0 aromatic heterocycles. The molecular formula is C17H21NS. The van der Waals surface area contributed by atoms with E-state index in [4.69, 9.17) is 5.73 Å². The lowest BCUT2D eigenvalue weighted by molar-refractivity contribution is 0.702. The highest BCUT2D eigenvalue weighted by atomic mass is 32.2. The molecule has 2 aromatic carbocycles. The molecule has 0 aliphatic carbocycles. The first-order chi connectivity index (χ1) is 9.18. The third-order valence-corrected chi connectivity index (χ3v) is 4.46. The van der Waals surface area contributed by atoms with Crippen molar-refractivity contribution in [2.45, 2.75) is 30.4 Å². The van der Waals surface area contributed by atoms with Gasteiger partial charge in [0.05, 0.1) is 0 Å². The minimum atomic E-state index is 0.0241. The van der Waals surface area contributed by atoms with Crippen molar-refractivity contribution in [1.29, 1.82) is 0 Å². The van der Waals surface area contributed by atoms with Gasteiger partial charge in [0.1, 0.15) is 0 Å². The van der Waals surface area contributed by atoms with Crippen LogP contribution in [0.25, 0.3) is 0 Å². The minimum absolute atomic E-state index is 0.0241. The van der Waals surface area contributed by atoms with Crippen molar-refractivity contribution < 1.29 is 0 Å². The Morgan fingerprint density at radius 1 is 0.789 bits per heavy atom. The van der Waals surface area contributed by atoms with E-state index in [0.29, 0.717) is 10.5 Å². The summed E-state index contributed by atoms with van der Waals surface area (Å²) < 4.78 is 0. The van der Waals surface area contributed by atoms with Crippen molar-refractivity contribution in [2.75, 3.05) is 0 Å².